The van der Waals surface area contributed by atoms with Crippen molar-refractivity contribution < 1.29 is 4.74 Å². The van der Waals surface area contributed by atoms with E-state index in [1.54, 1.807) is 0 Å². The molecule has 0 saturated carbocycles. The van der Waals surface area contributed by atoms with Gasteiger partial charge in [0.25, 0.3) is 0 Å². The summed E-state index contributed by atoms with van der Waals surface area (Å²) in [7, 11) is 0. The summed E-state index contributed by atoms with van der Waals surface area (Å²) in [4.78, 5) is 2.29. The number of hydrogen-bond donors (Lipinski definition) is 0. The van der Waals surface area contributed by atoms with Gasteiger partial charge in [-0.3, -0.25) is 4.90 Å². The third kappa shape index (κ3) is 3.80. The van der Waals surface area contributed by atoms with Crippen molar-refractivity contribution >= 4 is 11.6 Å². The number of halogens is 1. The van der Waals surface area contributed by atoms with Gasteiger partial charge in [-0.15, -0.1) is 5.10 Å². The Bertz CT molecular complexity index is 878. The molecule has 1 fully saturated rings. The molecule has 134 valence electrons. The number of ether oxygens (including phenoxy) is 1. The molecule has 1 unspecified atom stereocenters. The van der Waals surface area contributed by atoms with E-state index in [-0.39, 0.29) is 6.23 Å². The highest BCUT2D eigenvalue weighted by Crippen LogP contribution is 2.27. The van der Waals surface area contributed by atoms with Crippen LogP contribution in [-0.2, 0) is 17.8 Å². The minimum absolute atomic E-state index is 0.156. The number of nitrogens with zero attached hydrogens (tertiary/aromatic N) is 4. The van der Waals surface area contributed by atoms with Crippen LogP contribution in [0.4, 0.5) is 0 Å². The van der Waals surface area contributed by atoms with Crippen LogP contribution in [0.2, 0.25) is 5.02 Å². The van der Waals surface area contributed by atoms with Crippen molar-refractivity contribution in [2.75, 3.05) is 13.2 Å². The van der Waals surface area contributed by atoms with Crippen LogP contribution in [0.3, 0.4) is 0 Å². The van der Waals surface area contributed by atoms with Crippen molar-refractivity contribution in [1.29, 1.82) is 0 Å². The summed E-state index contributed by atoms with van der Waals surface area (Å²) >= 11 is 6.24. The Morgan fingerprint density at radius 2 is 1.92 bits per heavy atom. The molecule has 0 N–H and O–H groups in total. The zero-order valence-corrected chi connectivity index (χ0v) is 15.4. The molecule has 3 aromatic rings. The highest BCUT2D eigenvalue weighted by molar-refractivity contribution is 6.31. The summed E-state index contributed by atoms with van der Waals surface area (Å²) in [6.45, 7) is 5.12. The summed E-state index contributed by atoms with van der Waals surface area (Å²) < 4.78 is 7.73. The van der Waals surface area contributed by atoms with Crippen LogP contribution in [0.1, 0.15) is 28.6 Å². The largest absolute Gasteiger partial charge is 0.356 e. The van der Waals surface area contributed by atoms with E-state index in [1.165, 1.54) is 11.1 Å². The number of aromatic nitrogens is 3. The summed E-state index contributed by atoms with van der Waals surface area (Å²) in [6.07, 6.45) is 1.79. The number of hydrogen-bond acceptors (Lipinski definition) is 4. The zero-order chi connectivity index (χ0) is 17.9. The first-order valence-electron chi connectivity index (χ1n) is 8.74. The van der Waals surface area contributed by atoms with Crippen LogP contribution in [0.15, 0.2) is 54.7 Å². The fourth-order valence-electron chi connectivity index (χ4n) is 3.17. The van der Waals surface area contributed by atoms with Gasteiger partial charge in [-0.1, -0.05) is 64.8 Å². The fraction of sp³-hybridized carbons (Fsp3) is 0.300. The smallest absolute Gasteiger partial charge is 0.157 e. The highest BCUT2D eigenvalue weighted by Gasteiger charge is 2.29. The van der Waals surface area contributed by atoms with Gasteiger partial charge < -0.3 is 4.74 Å². The van der Waals surface area contributed by atoms with Crippen LogP contribution in [0.5, 0.6) is 0 Å². The Kier molecular flexibility index (Phi) is 5.02. The summed E-state index contributed by atoms with van der Waals surface area (Å²) in [5.74, 6) is 0. The standard InChI is InChI=1S/C20H21ClN4O/c1-15-6-8-16(9-7-15)12-24-10-11-26-20(24)19-14-25(23-22-19)13-17-4-2-3-5-18(17)21/h2-9,14,20H,10-13H2,1H3. The lowest BCUT2D eigenvalue weighted by Crippen LogP contribution is -2.23. The maximum Gasteiger partial charge on any atom is 0.157 e. The van der Waals surface area contributed by atoms with E-state index < -0.39 is 0 Å². The minimum Gasteiger partial charge on any atom is -0.356 e. The van der Waals surface area contributed by atoms with Gasteiger partial charge in [-0.2, -0.15) is 0 Å². The predicted octanol–water partition coefficient (Wildman–Crippen LogP) is 3.82. The van der Waals surface area contributed by atoms with Crippen molar-refractivity contribution in [3.8, 4) is 0 Å². The lowest BCUT2D eigenvalue weighted by atomic mass is 10.1. The normalized spacial score (nSPS) is 17.7. The van der Waals surface area contributed by atoms with E-state index in [0.717, 1.165) is 29.4 Å². The van der Waals surface area contributed by atoms with E-state index in [1.807, 2.05) is 35.1 Å². The third-order valence-corrected chi connectivity index (χ3v) is 4.96. The first-order chi connectivity index (χ1) is 12.7. The molecule has 1 saturated heterocycles. The van der Waals surface area contributed by atoms with Gasteiger partial charge in [0.15, 0.2) is 6.23 Å². The zero-order valence-electron chi connectivity index (χ0n) is 14.7. The topological polar surface area (TPSA) is 43.2 Å². The van der Waals surface area contributed by atoms with E-state index in [4.69, 9.17) is 16.3 Å². The van der Waals surface area contributed by atoms with Crippen LogP contribution in [0.25, 0.3) is 0 Å². The molecule has 2 heterocycles. The lowest BCUT2D eigenvalue weighted by Gasteiger charge is -2.21. The van der Waals surface area contributed by atoms with Crippen molar-refractivity contribution in [3.63, 3.8) is 0 Å². The Balaban J connectivity index is 1.47. The summed E-state index contributed by atoms with van der Waals surface area (Å²) in [5.41, 5.74) is 4.40. The van der Waals surface area contributed by atoms with Gasteiger partial charge in [0.2, 0.25) is 0 Å². The summed E-state index contributed by atoms with van der Waals surface area (Å²) in [5, 5.41) is 9.32. The molecule has 6 heteroatoms. The maximum atomic E-state index is 6.24. The minimum atomic E-state index is -0.156. The van der Waals surface area contributed by atoms with Gasteiger partial charge in [0.05, 0.1) is 19.3 Å². The highest BCUT2D eigenvalue weighted by atomic mass is 35.5. The van der Waals surface area contributed by atoms with Gasteiger partial charge in [0, 0.05) is 18.1 Å². The van der Waals surface area contributed by atoms with Gasteiger partial charge in [-0.05, 0) is 24.1 Å². The molecule has 0 amide bonds. The van der Waals surface area contributed by atoms with Crippen LogP contribution in [0, 0.1) is 6.92 Å². The third-order valence-electron chi connectivity index (χ3n) is 4.59. The molecule has 0 radical (unpaired) electrons. The molecule has 0 spiro atoms. The second-order valence-corrected chi connectivity index (χ2v) is 7.02. The summed E-state index contributed by atoms with van der Waals surface area (Å²) in [6, 6.07) is 16.4. The Labute approximate surface area is 158 Å². The van der Waals surface area contributed by atoms with Crippen LogP contribution >= 0.6 is 11.6 Å². The van der Waals surface area contributed by atoms with Crippen LogP contribution in [-0.4, -0.2) is 33.0 Å². The second-order valence-electron chi connectivity index (χ2n) is 6.61. The average molecular weight is 369 g/mol. The first-order valence-corrected chi connectivity index (χ1v) is 9.11. The van der Waals surface area contributed by atoms with Crippen molar-refractivity contribution in [3.05, 3.63) is 82.1 Å². The van der Waals surface area contributed by atoms with Crippen molar-refractivity contribution in [2.45, 2.75) is 26.2 Å². The van der Waals surface area contributed by atoms with Gasteiger partial charge in [0.1, 0.15) is 5.69 Å². The van der Waals surface area contributed by atoms with E-state index in [2.05, 4.69) is 46.4 Å². The molecular formula is C20H21ClN4O. The molecule has 2 aromatic carbocycles. The molecule has 0 bridgehead atoms. The number of aryl methyl sites for hydroxylation is 1. The van der Waals surface area contributed by atoms with Crippen molar-refractivity contribution in [2.24, 2.45) is 0 Å². The first kappa shape index (κ1) is 17.2. The monoisotopic (exact) mass is 368 g/mol. The molecule has 1 aliphatic rings. The SMILES string of the molecule is Cc1ccc(CN2CCOC2c2cn(Cc3ccccc3Cl)nn2)cc1. The molecular weight excluding hydrogens is 348 g/mol. The number of rotatable bonds is 5. The lowest BCUT2D eigenvalue weighted by molar-refractivity contribution is 0.0252. The molecule has 1 aliphatic heterocycles. The Morgan fingerprint density at radius 3 is 2.73 bits per heavy atom. The molecule has 26 heavy (non-hydrogen) atoms. The molecule has 4 rings (SSSR count). The van der Waals surface area contributed by atoms with Crippen LogP contribution < -0.4 is 0 Å². The predicted molar refractivity (Wildman–Crippen MR) is 101 cm³/mol. The van der Waals surface area contributed by atoms with E-state index >= 15 is 0 Å². The second kappa shape index (κ2) is 7.58. The van der Waals surface area contributed by atoms with Crippen molar-refractivity contribution in [1.82, 2.24) is 19.9 Å². The molecule has 1 aromatic heterocycles. The van der Waals surface area contributed by atoms with E-state index in [9.17, 15) is 0 Å². The van der Waals surface area contributed by atoms with E-state index in [0.29, 0.717) is 13.2 Å². The molecule has 0 aliphatic carbocycles. The molecule has 1 atom stereocenters. The number of benzene rings is 2. The van der Waals surface area contributed by atoms with Gasteiger partial charge >= 0.3 is 0 Å². The quantitative estimate of drug-likeness (QED) is 0.686. The molecule has 5 nitrogen and oxygen atoms in total. The Morgan fingerprint density at radius 1 is 1.12 bits per heavy atom. The fourth-order valence-corrected chi connectivity index (χ4v) is 3.37. The Hall–Kier alpha value is -2.21. The average Bonchev–Trinajstić information content (AvgIpc) is 3.28. The maximum absolute atomic E-state index is 6.24. The van der Waals surface area contributed by atoms with Gasteiger partial charge in [-0.25, -0.2) is 4.68 Å².